The second-order valence-electron chi connectivity index (χ2n) is 2.36. The summed E-state index contributed by atoms with van der Waals surface area (Å²) < 4.78 is 5.19. The van der Waals surface area contributed by atoms with Crippen LogP contribution in [0, 0.1) is 6.42 Å². The minimum absolute atomic E-state index is 0.894. The van der Waals surface area contributed by atoms with Gasteiger partial charge in [-0.1, -0.05) is 0 Å². The van der Waals surface area contributed by atoms with Gasteiger partial charge in [-0.2, -0.15) is 5.70 Å². The van der Waals surface area contributed by atoms with Gasteiger partial charge in [-0.3, -0.25) is 12.5 Å². The van der Waals surface area contributed by atoms with Crippen LogP contribution in [0.5, 0.6) is 0 Å². The first-order chi connectivity index (χ1) is 4.47. The van der Waals surface area contributed by atoms with E-state index in [0.29, 0.717) is 0 Å². The smallest absolute Gasteiger partial charge is 0.0631 e. The van der Waals surface area contributed by atoms with E-state index in [1.54, 1.807) is 0 Å². The summed E-state index contributed by atoms with van der Waals surface area (Å²) in [5, 5.41) is 0. The number of allylic oxidation sites excluding steroid dienone is 2. The molecule has 0 atom stereocenters. The lowest BCUT2D eigenvalue weighted by Gasteiger charge is -2.31. The second kappa shape index (κ2) is 1.95. The van der Waals surface area contributed by atoms with Crippen LogP contribution < -0.4 is 0 Å². The van der Waals surface area contributed by atoms with E-state index in [0.717, 1.165) is 26.3 Å². The maximum Gasteiger partial charge on any atom is 0.0631 e. The number of morpholine rings is 1. The van der Waals surface area contributed by atoms with Crippen LogP contribution in [0.15, 0.2) is 11.8 Å². The molecule has 9 heavy (non-hydrogen) atoms. The lowest BCUT2D eigenvalue weighted by Crippen LogP contribution is -2.33. The third kappa shape index (κ3) is 1.03. The average molecular weight is 124 g/mol. The van der Waals surface area contributed by atoms with Gasteiger partial charge in [0.05, 0.1) is 13.2 Å². The Hall–Kier alpha value is -0.630. The topological polar surface area (TPSA) is 12.5 Å². The van der Waals surface area contributed by atoms with E-state index in [4.69, 9.17) is 4.74 Å². The summed E-state index contributed by atoms with van der Waals surface area (Å²) >= 11 is 0. The van der Waals surface area contributed by atoms with Gasteiger partial charge >= 0.3 is 0 Å². The highest BCUT2D eigenvalue weighted by molar-refractivity contribution is 5.37. The molecule has 1 heterocycles. The first-order valence-electron chi connectivity index (χ1n) is 3.34. The summed E-state index contributed by atoms with van der Waals surface area (Å²) in [4.78, 5) is 2.35. The van der Waals surface area contributed by atoms with Crippen LogP contribution in [0.25, 0.3) is 0 Å². The molecule has 1 saturated heterocycles. The van der Waals surface area contributed by atoms with Gasteiger partial charge in [0.15, 0.2) is 0 Å². The summed E-state index contributed by atoms with van der Waals surface area (Å²) in [7, 11) is 0. The van der Waals surface area contributed by atoms with Crippen LogP contribution in [0.3, 0.4) is 0 Å². The number of nitrogens with zero attached hydrogens (tertiary/aromatic N) is 1. The number of ether oxygens (including phenoxy) is 1. The molecular weight excluding hydrogens is 114 g/mol. The van der Waals surface area contributed by atoms with Crippen LogP contribution in [0.2, 0.25) is 0 Å². The van der Waals surface area contributed by atoms with E-state index < -0.39 is 0 Å². The molecule has 0 bridgehead atoms. The highest BCUT2D eigenvalue weighted by atomic mass is 16.5. The molecule has 0 aromatic carbocycles. The molecule has 0 radical (unpaired) electrons. The maximum absolute atomic E-state index is 5.19. The van der Waals surface area contributed by atoms with E-state index >= 15 is 0 Å². The molecule has 0 saturated carbocycles. The zero-order chi connectivity index (χ0) is 6.10. The fourth-order valence-corrected chi connectivity index (χ4v) is 1.07. The van der Waals surface area contributed by atoms with Crippen LogP contribution >= 0.6 is 0 Å². The predicted octanol–water partition coefficient (Wildman–Crippen LogP) is 0.420. The summed E-state index contributed by atoms with van der Waals surface area (Å²) in [5.41, 5.74) is 1.40. The Labute approximate surface area is 55.1 Å². The molecule has 50 valence electrons. The first-order valence-corrected chi connectivity index (χ1v) is 3.34. The van der Waals surface area contributed by atoms with E-state index in [2.05, 4.69) is 17.4 Å². The van der Waals surface area contributed by atoms with Crippen LogP contribution in [0.4, 0.5) is 0 Å². The lowest BCUT2D eigenvalue weighted by atomic mass is 10.4. The van der Waals surface area contributed by atoms with Gasteiger partial charge in [0.1, 0.15) is 0 Å². The summed E-state index contributed by atoms with van der Waals surface area (Å²) in [5.74, 6) is 0. The Morgan fingerprint density at radius 1 is 1.44 bits per heavy atom. The molecule has 0 amide bonds. The van der Waals surface area contributed by atoms with Crippen molar-refractivity contribution in [2.45, 2.75) is 0 Å². The Bertz CT molecular complexity index is 136. The fourth-order valence-electron chi connectivity index (χ4n) is 1.07. The van der Waals surface area contributed by atoms with Gasteiger partial charge in [0.2, 0.25) is 0 Å². The van der Waals surface area contributed by atoms with Crippen molar-refractivity contribution in [2.75, 3.05) is 26.3 Å². The lowest BCUT2D eigenvalue weighted by molar-refractivity contribution is 0.0568. The van der Waals surface area contributed by atoms with Crippen LogP contribution in [0.1, 0.15) is 0 Å². The zero-order valence-corrected chi connectivity index (χ0v) is 5.34. The quantitative estimate of drug-likeness (QED) is 0.470. The largest absolute Gasteiger partial charge is 0.442 e. The normalized spacial score (nSPS) is 24.9. The summed E-state index contributed by atoms with van der Waals surface area (Å²) in [6.45, 7) is 3.93. The number of hydrogen-bond acceptors (Lipinski definition) is 2. The van der Waals surface area contributed by atoms with Crippen molar-refractivity contribution in [2.24, 2.45) is 0 Å². The molecule has 1 fully saturated rings. The van der Waals surface area contributed by atoms with E-state index in [-0.39, 0.29) is 0 Å². The maximum atomic E-state index is 5.19. The molecule has 0 aromatic heterocycles. The number of rotatable bonds is 1. The second-order valence-corrected chi connectivity index (χ2v) is 2.36. The molecule has 1 aliphatic heterocycles. The Morgan fingerprint density at radius 3 is 2.67 bits per heavy atom. The SMILES string of the molecule is C1=C(N2CCOCC2)[CH-]1. The third-order valence-corrected chi connectivity index (χ3v) is 1.69. The molecule has 0 aromatic rings. The van der Waals surface area contributed by atoms with E-state index in [1.807, 2.05) is 0 Å². The van der Waals surface area contributed by atoms with Gasteiger partial charge in [0, 0.05) is 13.1 Å². The Balaban J connectivity index is 1.87. The molecule has 2 aliphatic rings. The van der Waals surface area contributed by atoms with Crippen molar-refractivity contribution in [3.8, 4) is 0 Å². The van der Waals surface area contributed by atoms with Crippen molar-refractivity contribution < 1.29 is 4.74 Å². The Morgan fingerprint density at radius 2 is 2.11 bits per heavy atom. The van der Waals surface area contributed by atoms with Gasteiger partial charge < -0.3 is 9.64 Å². The molecule has 1 aliphatic carbocycles. The highest BCUT2D eigenvalue weighted by Crippen LogP contribution is 2.22. The standard InChI is InChI=1S/C7H10NO/c1-2-7(1)8-3-5-9-6-4-8/h1-2H,3-6H2/q-1. The van der Waals surface area contributed by atoms with Crippen molar-refractivity contribution in [1.82, 2.24) is 4.90 Å². The van der Waals surface area contributed by atoms with Crippen LogP contribution in [-0.2, 0) is 4.74 Å². The molecule has 0 spiro atoms. The van der Waals surface area contributed by atoms with Crippen molar-refractivity contribution in [1.29, 1.82) is 0 Å². The summed E-state index contributed by atoms with van der Waals surface area (Å²) in [6, 6.07) is 0. The molecule has 2 rings (SSSR count). The van der Waals surface area contributed by atoms with E-state index in [1.165, 1.54) is 5.70 Å². The van der Waals surface area contributed by atoms with Gasteiger partial charge in [-0.15, -0.1) is 0 Å². The minimum Gasteiger partial charge on any atom is -0.442 e. The van der Waals surface area contributed by atoms with Crippen molar-refractivity contribution >= 4 is 0 Å². The fraction of sp³-hybridized carbons (Fsp3) is 0.571. The minimum atomic E-state index is 0.894. The van der Waals surface area contributed by atoms with Crippen molar-refractivity contribution in [3.63, 3.8) is 0 Å². The predicted molar refractivity (Wildman–Crippen MR) is 34.8 cm³/mol. The van der Waals surface area contributed by atoms with Crippen LogP contribution in [-0.4, -0.2) is 31.2 Å². The third-order valence-electron chi connectivity index (χ3n) is 1.69. The number of hydrogen-bond donors (Lipinski definition) is 0. The Kier molecular flexibility index (Phi) is 1.12. The van der Waals surface area contributed by atoms with Gasteiger partial charge in [-0.05, 0) is 0 Å². The molecule has 2 heteroatoms. The first kappa shape index (κ1) is 5.18. The summed E-state index contributed by atoms with van der Waals surface area (Å²) in [6.07, 6.45) is 4.29. The molecule has 0 unspecified atom stereocenters. The molecule has 2 nitrogen and oxygen atoms in total. The monoisotopic (exact) mass is 124 g/mol. The molecule has 0 N–H and O–H groups in total. The van der Waals surface area contributed by atoms with Gasteiger partial charge in [-0.25, -0.2) is 0 Å². The molecular formula is C7H10NO-. The zero-order valence-electron chi connectivity index (χ0n) is 5.34. The van der Waals surface area contributed by atoms with Crippen molar-refractivity contribution in [3.05, 3.63) is 18.2 Å². The average Bonchev–Trinajstić information content (AvgIpc) is 2.71. The van der Waals surface area contributed by atoms with Gasteiger partial charge in [0.25, 0.3) is 0 Å². The highest BCUT2D eigenvalue weighted by Gasteiger charge is 2.08. The van der Waals surface area contributed by atoms with E-state index in [9.17, 15) is 0 Å².